The van der Waals surface area contributed by atoms with Crippen molar-refractivity contribution in [1.29, 1.82) is 0 Å². The van der Waals surface area contributed by atoms with E-state index in [9.17, 15) is 4.79 Å². The van der Waals surface area contributed by atoms with Gasteiger partial charge in [0.05, 0.1) is 12.6 Å². The number of carbonyl (C=O) groups excluding carboxylic acids is 1. The number of ketones is 1. The van der Waals surface area contributed by atoms with Crippen LogP contribution in [-0.4, -0.2) is 38.1 Å². The van der Waals surface area contributed by atoms with E-state index in [1.807, 2.05) is 13.5 Å². The van der Waals surface area contributed by atoms with Crippen molar-refractivity contribution in [3.63, 3.8) is 0 Å². The molecule has 76 valence electrons. The van der Waals surface area contributed by atoms with Crippen LogP contribution in [0.4, 0.5) is 0 Å². The first-order chi connectivity index (χ1) is 6.22. The van der Waals surface area contributed by atoms with E-state index >= 15 is 0 Å². The van der Waals surface area contributed by atoms with Crippen LogP contribution < -0.4 is 16.4 Å². The van der Waals surface area contributed by atoms with Gasteiger partial charge < -0.3 is 16.2 Å². The Balaban J connectivity index is 3.38. The highest BCUT2D eigenvalue weighted by Crippen LogP contribution is 1.98. The summed E-state index contributed by atoms with van der Waals surface area (Å²) in [7, 11) is 1.89. The van der Waals surface area contributed by atoms with Gasteiger partial charge in [0.25, 0.3) is 0 Å². The summed E-state index contributed by atoms with van der Waals surface area (Å²) in [5.41, 5.74) is 7.37. The quantitative estimate of drug-likeness (QED) is 0.204. The maximum Gasteiger partial charge on any atom is 0.181 e. The highest BCUT2D eigenvalue weighted by Gasteiger charge is 2.11. The maximum atomic E-state index is 11.0. The van der Waals surface area contributed by atoms with Gasteiger partial charge in [-0.1, -0.05) is 6.42 Å². The first kappa shape index (κ1) is 12.6. The predicted molar refractivity (Wildman–Crippen MR) is 53.2 cm³/mol. The first-order valence-electron chi connectivity index (χ1n) is 4.52. The predicted octanol–water partition coefficient (Wildman–Crippen LogP) is -1.83. The molecule has 0 fully saturated rings. The van der Waals surface area contributed by atoms with E-state index in [1.54, 1.807) is 0 Å². The highest BCUT2D eigenvalue weighted by atomic mass is 16.5. The number of carbonyl (C=O) groups is 1. The Morgan fingerprint density at radius 1 is 1.54 bits per heavy atom. The van der Waals surface area contributed by atoms with Gasteiger partial charge in [-0.2, -0.15) is 5.48 Å². The lowest BCUT2D eigenvalue weighted by Gasteiger charge is -2.09. The van der Waals surface area contributed by atoms with Gasteiger partial charge in [0.1, 0.15) is 0 Å². The Morgan fingerprint density at radius 3 is 2.77 bits per heavy atom. The minimum atomic E-state index is -0.448. The van der Waals surface area contributed by atoms with Gasteiger partial charge in [0, 0.05) is 0 Å². The van der Waals surface area contributed by atoms with Crippen LogP contribution in [0.15, 0.2) is 0 Å². The van der Waals surface area contributed by atoms with Crippen molar-refractivity contribution in [3.05, 3.63) is 0 Å². The third-order valence-electron chi connectivity index (χ3n) is 1.86. The Hall–Kier alpha value is -0.425. The number of unbranched alkanes of at least 4 members (excludes halogenated alkanes) is 1. The molecule has 0 aromatic carbocycles. The molecule has 0 spiro atoms. The average molecular weight is 187 g/mol. The second-order valence-electron chi connectivity index (χ2n) is 3.01. The number of rotatable bonds is 8. The van der Waals surface area contributed by atoms with Gasteiger partial charge in [-0.05, 0) is 19.4 Å². The van der Waals surface area contributed by atoms with Gasteiger partial charge >= 0.3 is 0 Å². The van der Waals surface area contributed by atoms with Crippen LogP contribution in [-0.2, 0) is 4.79 Å². The normalized spacial score (nSPS) is 12.8. The smallest absolute Gasteiger partial charge is 0.181 e. The zero-order valence-corrected chi connectivity index (χ0v) is 8.05. The Bertz CT molecular complexity index is 146. The zero-order chi connectivity index (χ0) is 10.1. The Labute approximate surface area is 79.5 Å². The molecule has 0 aromatic heterocycles. The van der Waals surface area contributed by atoms with Crippen molar-refractivity contribution < 1.29 is 10.0 Å². The van der Waals surface area contributed by atoms with E-state index < -0.39 is 6.04 Å². The molecule has 13 heavy (non-hydrogen) atoms. The summed E-state index contributed by atoms with van der Waals surface area (Å²) in [5.74, 6) is -0.146. The van der Waals surface area contributed by atoms with E-state index in [2.05, 4.69) is 5.23 Å². The molecule has 1 atom stereocenters. The number of nitrogens with one attached hydrogen (secondary N) is 2. The van der Waals surface area contributed by atoms with Crippen molar-refractivity contribution in [2.24, 2.45) is 5.73 Å². The second-order valence-corrected chi connectivity index (χ2v) is 3.01. The number of hydroxylamine groups is 1. The maximum absolute atomic E-state index is 11.0. The van der Waals surface area contributed by atoms with Crippen LogP contribution in [0.2, 0.25) is 0 Å². The topological polar surface area (TPSA) is 87.4 Å². The molecule has 5 N–H and O–H groups in total. The van der Waals surface area contributed by atoms with Gasteiger partial charge in [-0.15, -0.1) is 0 Å². The summed E-state index contributed by atoms with van der Waals surface area (Å²) in [6.45, 7) is 0.881. The SMILES string of the molecule is BNCCCC[C@H](N)C(=O)CNO. The summed E-state index contributed by atoms with van der Waals surface area (Å²) in [6, 6.07) is -0.448. The zero-order valence-electron chi connectivity index (χ0n) is 8.05. The molecule has 0 saturated heterocycles. The lowest BCUT2D eigenvalue weighted by atomic mass is 10.1. The third kappa shape index (κ3) is 6.71. The summed E-state index contributed by atoms with van der Waals surface area (Å²) in [6.07, 6.45) is 2.63. The van der Waals surface area contributed by atoms with E-state index in [1.165, 1.54) is 0 Å². The molecule has 5 nitrogen and oxygen atoms in total. The van der Waals surface area contributed by atoms with Gasteiger partial charge in [-0.3, -0.25) is 4.79 Å². The van der Waals surface area contributed by atoms with Crippen LogP contribution >= 0.6 is 0 Å². The van der Waals surface area contributed by atoms with Crippen molar-refractivity contribution >= 4 is 13.8 Å². The van der Waals surface area contributed by atoms with Gasteiger partial charge in [-0.25, -0.2) is 0 Å². The molecular formula is C7H18BN3O2. The molecular weight excluding hydrogens is 169 g/mol. The van der Waals surface area contributed by atoms with Gasteiger partial charge in [0.15, 0.2) is 13.8 Å². The Kier molecular flexibility index (Phi) is 7.92. The van der Waals surface area contributed by atoms with Crippen molar-refractivity contribution in [1.82, 2.24) is 10.7 Å². The fourth-order valence-electron chi connectivity index (χ4n) is 1.04. The van der Waals surface area contributed by atoms with Crippen molar-refractivity contribution in [3.8, 4) is 0 Å². The van der Waals surface area contributed by atoms with Crippen LogP contribution in [0, 0.1) is 0 Å². The lowest BCUT2D eigenvalue weighted by Crippen LogP contribution is -2.36. The van der Waals surface area contributed by atoms with E-state index in [4.69, 9.17) is 10.9 Å². The molecule has 0 amide bonds. The fourth-order valence-corrected chi connectivity index (χ4v) is 1.04. The second kappa shape index (κ2) is 8.19. The van der Waals surface area contributed by atoms with Crippen LogP contribution in [0.5, 0.6) is 0 Å². The molecule has 0 aromatic rings. The fraction of sp³-hybridized carbons (Fsp3) is 0.857. The molecule has 0 aliphatic rings. The molecule has 0 aliphatic heterocycles. The van der Waals surface area contributed by atoms with Crippen LogP contribution in [0.25, 0.3) is 0 Å². The highest BCUT2D eigenvalue weighted by molar-refractivity contribution is 6.04. The van der Waals surface area contributed by atoms with Crippen molar-refractivity contribution in [2.75, 3.05) is 13.1 Å². The summed E-state index contributed by atoms with van der Waals surface area (Å²) >= 11 is 0. The summed E-state index contributed by atoms with van der Waals surface area (Å²) < 4.78 is 0. The number of nitrogens with two attached hydrogens (primary N) is 1. The first-order valence-corrected chi connectivity index (χ1v) is 4.52. The van der Waals surface area contributed by atoms with E-state index in [0.717, 1.165) is 19.4 Å². The molecule has 0 aliphatic carbocycles. The van der Waals surface area contributed by atoms with Gasteiger partial charge in [0.2, 0.25) is 0 Å². The largest absolute Gasteiger partial charge is 0.362 e. The van der Waals surface area contributed by atoms with Crippen LogP contribution in [0.3, 0.4) is 0 Å². The third-order valence-corrected chi connectivity index (χ3v) is 1.86. The van der Waals surface area contributed by atoms with E-state index in [-0.39, 0.29) is 12.3 Å². The molecule has 0 unspecified atom stereocenters. The number of hydrogen-bond acceptors (Lipinski definition) is 5. The molecule has 0 saturated carbocycles. The lowest BCUT2D eigenvalue weighted by molar-refractivity contribution is -0.121. The summed E-state index contributed by atoms with van der Waals surface area (Å²) in [5, 5.41) is 11.3. The van der Waals surface area contributed by atoms with E-state index in [0.29, 0.717) is 6.42 Å². The summed E-state index contributed by atoms with van der Waals surface area (Å²) in [4.78, 5) is 11.0. The average Bonchev–Trinajstić information content (AvgIpc) is 2.12. The monoisotopic (exact) mass is 187 g/mol. The minimum Gasteiger partial charge on any atom is -0.362 e. The Morgan fingerprint density at radius 2 is 2.23 bits per heavy atom. The molecule has 0 heterocycles. The molecule has 0 radical (unpaired) electrons. The molecule has 0 rings (SSSR count). The standard InChI is InChI=1S/C7H18BN3O2/c8-10-4-2-1-3-6(9)7(12)5-11-13/h6,10-11,13H,1-5,8-9H2/t6-/m0/s1. The van der Waals surface area contributed by atoms with Crippen molar-refractivity contribution in [2.45, 2.75) is 25.3 Å². The van der Waals surface area contributed by atoms with Crippen LogP contribution in [0.1, 0.15) is 19.3 Å². The minimum absolute atomic E-state index is 0.0623. The molecule has 6 heteroatoms. The number of Topliss-reactive ketones (excluding diaryl/α,β-unsaturated/α-hetero) is 1. The molecule has 0 bridgehead atoms. The number of hydrogen-bond donors (Lipinski definition) is 4.